The lowest BCUT2D eigenvalue weighted by molar-refractivity contribution is -0.110. The van der Waals surface area contributed by atoms with E-state index in [0.717, 1.165) is 16.8 Å². The molecule has 2 amide bonds. The molecule has 3 aromatic carbocycles. The zero-order chi connectivity index (χ0) is 20.4. The molecule has 0 unspecified atom stereocenters. The van der Waals surface area contributed by atoms with Gasteiger partial charge in [0.1, 0.15) is 5.75 Å². The van der Waals surface area contributed by atoms with Gasteiger partial charge in [0.05, 0.1) is 7.11 Å². The number of hydrogen-bond acceptors (Lipinski definition) is 3. The van der Waals surface area contributed by atoms with Crippen molar-refractivity contribution in [1.82, 2.24) is 0 Å². The van der Waals surface area contributed by atoms with Crippen molar-refractivity contribution in [3.8, 4) is 5.75 Å². The fraction of sp³-hybridized carbons (Fsp3) is 0.0435. The topological polar surface area (TPSA) is 67.4 Å². The number of hydrogen-bond donors (Lipinski definition) is 2. The molecule has 1 aliphatic heterocycles. The van der Waals surface area contributed by atoms with Crippen LogP contribution in [0.3, 0.4) is 0 Å². The molecule has 29 heavy (non-hydrogen) atoms. The second-order valence-corrected chi connectivity index (χ2v) is 6.95. The van der Waals surface area contributed by atoms with Crippen LogP contribution in [0.1, 0.15) is 21.5 Å². The van der Waals surface area contributed by atoms with Crippen LogP contribution in [0.4, 0.5) is 11.4 Å². The Morgan fingerprint density at radius 3 is 2.62 bits per heavy atom. The number of nitrogens with one attached hydrogen (secondary N) is 2. The number of fused-ring (bicyclic) bond motifs is 1. The molecule has 0 bridgehead atoms. The van der Waals surface area contributed by atoms with Gasteiger partial charge in [-0.25, -0.2) is 0 Å². The number of halogens is 1. The van der Waals surface area contributed by atoms with Crippen molar-refractivity contribution >= 4 is 46.4 Å². The van der Waals surface area contributed by atoms with E-state index >= 15 is 0 Å². The van der Waals surface area contributed by atoms with Gasteiger partial charge >= 0.3 is 0 Å². The Morgan fingerprint density at radius 1 is 1.07 bits per heavy atom. The molecule has 0 radical (unpaired) electrons. The lowest BCUT2D eigenvalue weighted by Crippen LogP contribution is -2.11. The molecule has 5 nitrogen and oxygen atoms in total. The molecule has 1 aliphatic rings. The van der Waals surface area contributed by atoms with E-state index in [-0.39, 0.29) is 11.8 Å². The standard InChI is InChI=1S/C23H17ClN2O3/c1-29-18-8-5-15(6-9-18)22(27)25-17-4-2-3-14(11-17)12-20-19-13-16(24)7-10-21(19)26-23(20)28/h2-13H,1H3,(H,25,27)(H,26,28). The summed E-state index contributed by atoms with van der Waals surface area (Å²) in [6.07, 6.45) is 1.78. The van der Waals surface area contributed by atoms with E-state index in [4.69, 9.17) is 16.3 Å². The van der Waals surface area contributed by atoms with Gasteiger partial charge in [0, 0.05) is 33.1 Å². The van der Waals surface area contributed by atoms with Gasteiger partial charge in [-0.3, -0.25) is 9.59 Å². The first kappa shape index (κ1) is 18.8. The number of methoxy groups -OCH3 is 1. The lowest BCUT2D eigenvalue weighted by Gasteiger charge is -2.07. The minimum Gasteiger partial charge on any atom is -0.497 e. The van der Waals surface area contributed by atoms with Gasteiger partial charge in [-0.05, 0) is 66.2 Å². The quantitative estimate of drug-likeness (QED) is 0.595. The summed E-state index contributed by atoms with van der Waals surface area (Å²) < 4.78 is 5.11. The SMILES string of the molecule is COc1ccc(C(=O)Nc2cccc(C=C3C(=O)Nc4ccc(Cl)cc43)c2)cc1. The molecule has 3 aromatic rings. The number of rotatable bonds is 4. The highest BCUT2D eigenvalue weighted by Gasteiger charge is 2.24. The van der Waals surface area contributed by atoms with Gasteiger partial charge < -0.3 is 15.4 Å². The van der Waals surface area contributed by atoms with Crippen LogP contribution < -0.4 is 15.4 Å². The first-order valence-corrected chi connectivity index (χ1v) is 9.30. The summed E-state index contributed by atoms with van der Waals surface area (Å²) in [5.41, 5.74) is 3.96. The first-order valence-electron chi connectivity index (χ1n) is 8.92. The third-order valence-corrected chi connectivity index (χ3v) is 4.81. The largest absolute Gasteiger partial charge is 0.497 e. The van der Waals surface area contributed by atoms with Gasteiger partial charge in [-0.15, -0.1) is 0 Å². The summed E-state index contributed by atoms with van der Waals surface area (Å²) in [5.74, 6) is 0.272. The summed E-state index contributed by atoms with van der Waals surface area (Å²) in [5, 5.41) is 6.26. The van der Waals surface area contributed by atoms with Crippen molar-refractivity contribution in [1.29, 1.82) is 0 Å². The number of anilines is 2. The smallest absolute Gasteiger partial charge is 0.256 e. The molecule has 2 N–H and O–H groups in total. The molecule has 0 fully saturated rings. The van der Waals surface area contributed by atoms with E-state index in [2.05, 4.69) is 10.6 Å². The van der Waals surface area contributed by atoms with Crippen LogP contribution in [-0.2, 0) is 4.79 Å². The maximum absolute atomic E-state index is 12.5. The molecule has 0 saturated heterocycles. The fourth-order valence-electron chi connectivity index (χ4n) is 3.12. The van der Waals surface area contributed by atoms with E-state index < -0.39 is 0 Å². The number of amides is 2. The van der Waals surface area contributed by atoms with E-state index in [0.29, 0.717) is 27.6 Å². The van der Waals surface area contributed by atoms with Crippen LogP contribution in [0.5, 0.6) is 5.75 Å². The molecule has 0 spiro atoms. The van der Waals surface area contributed by atoms with Crippen molar-refractivity contribution in [2.45, 2.75) is 0 Å². The van der Waals surface area contributed by atoms with Crippen molar-refractivity contribution in [2.75, 3.05) is 17.7 Å². The van der Waals surface area contributed by atoms with Crippen LogP contribution in [0.15, 0.2) is 66.7 Å². The van der Waals surface area contributed by atoms with E-state index in [1.165, 1.54) is 0 Å². The maximum Gasteiger partial charge on any atom is 0.256 e. The number of carbonyl (C=O) groups excluding carboxylic acids is 2. The summed E-state index contributed by atoms with van der Waals surface area (Å²) in [6.45, 7) is 0. The van der Waals surface area contributed by atoms with E-state index in [1.54, 1.807) is 61.7 Å². The average molecular weight is 405 g/mol. The Hall–Kier alpha value is -3.57. The molecule has 144 valence electrons. The van der Waals surface area contributed by atoms with Crippen molar-refractivity contribution < 1.29 is 14.3 Å². The van der Waals surface area contributed by atoms with Crippen LogP contribution >= 0.6 is 11.6 Å². The minimum atomic E-state index is -0.229. The average Bonchev–Trinajstić information content (AvgIpc) is 3.03. The molecule has 0 aromatic heterocycles. The van der Waals surface area contributed by atoms with Gasteiger partial charge in [-0.1, -0.05) is 23.7 Å². The molecule has 0 saturated carbocycles. The molecule has 0 atom stereocenters. The third-order valence-electron chi connectivity index (χ3n) is 4.57. The summed E-state index contributed by atoms with van der Waals surface area (Å²) in [6, 6.07) is 19.4. The minimum absolute atomic E-state index is 0.185. The molecular weight excluding hydrogens is 388 g/mol. The van der Waals surface area contributed by atoms with Gasteiger partial charge in [0.15, 0.2) is 0 Å². The number of carbonyl (C=O) groups is 2. The zero-order valence-electron chi connectivity index (χ0n) is 15.5. The Bertz CT molecular complexity index is 1140. The predicted molar refractivity (Wildman–Crippen MR) is 115 cm³/mol. The highest BCUT2D eigenvalue weighted by Crippen LogP contribution is 2.35. The van der Waals surface area contributed by atoms with E-state index in [1.807, 2.05) is 18.2 Å². The van der Waals surface area contributed by atoms with Crippen molar-refractivity contribution in [3.63, 3.8) is 0 Å². The van der Waals surface area contributed by atoms with Crippen LogP contribution in [0, 0.1) is 0 Å². The Labute approximate surface area is 173 Å². The van der Waals surface area contributed by atoms with Crippen molar-refractivity contribution in [3.05, 3.63) is 88.4 Å². The van der Waals surface area contributed by atoms with Gasteiger partial charge in [0.25, 0.3) is 11.8 Å². The first-order chi connectivity index (χ1) is 14.0. The predicted octanol–water partition coefficient (Wildman–Crippen LogP) is 5.09. The number of benzene rings is 3. The summed E-state index contributed by atoms with van der Waals surface area (Å²) in [4.78, 5) is 24.8. The molecular formula is C23H17ClN2O3. The van der Waals surface area contributed by atoms with E-state index in [9.17, 15) is 9.59 Å². The highest BCUT2D eigenvalue weighted by atomic mass is 35.5. The zero-order valence-corrected chi connectivity index (χ0v) is 16.3. The summed E-state index contributed by atoms with van der Waals surface area (Å²) >= 11 is 6.08. The van der Waals surface area contributed by atoms with Crippen LogP contribution in [0.25, 0.3) is 11.6 Å². The maximum atomic E-state index is 12.5. The lowest BCUT2D eigenvalue weighted by atomic mass is 10.0. The third kappa shape index (κ3) is 4.00. The Kier molecular flexibility index (Phi) is 5.06. The normalized spacial score (nSPS) is 13.7. The Morgan fingerprint density at radius 2 is 1.86 bits per heavy atom. The van der Waals surface area contributed by atoms with Gasteiger partial charge in [-0.2, -0.15) is 0 Å². The van der Waals surface area contributed by atoms with Crippen LogP contribution in [-0.4, -0.2) is 18.9 Å². The number of ether oxygens (including phenoxy) is 1. The fourth-order valence-corrected chi connectivity index (χ4v) is 3.29. The van der Waals surface area contributed by atoms with Crippen LogP contribution in [0.2, 0.25) is 5.02 Å². The monoisotopic (exact) mass is 404 g/mol. The molecule has 4 rings (SSSR count). The summed E-state index contributed by atoms with van der Waals surface area (Å²) in [7, 11) is 1.58. The molecule has 6 heteroatoms. The highest BCUT2D eigenvalue weighted by molar-refractivity contribution is 6.36. The van der Waals surface area contributed by atoms with Crippen molar-refractivity contribution in [2.24, 2.45) is 0 Å². The Balaban J connectivity index is 1.58. The second-order valence-electron chi connectivity index (χ2n) is 6.51. The molecule has 0 aliphatic carbocycles. The van der Waals surface area contributed by atoms with Gasteiger partial charge in [0.2, 0.25) is 0 Å². The second kappa shape index (κ2) is 7.81. The molecule has 1 heterocycles.